The summed E-state index contributed by atoms with van der Waals surface area (Å²) in [6.45, 7) is 0.622. The number of rotatable bonds is 2. The molecule has 1 aromatic carbocycles. The summed E-state index contributed by atoms with van der Waals surface area (Å²) in [4.78, 5) is 28.4. The second kappa shape index (κ2) is 4.24. The van der Waals surface area contributed by atoms with Gasteiger partial charge in [-0.1, -0.05) is 0 Å². The molecule has 2 N–H and O–H groups in total. The SMILES string of the molecule is O=C(O)c1cnc(=O)[nH]c1-c1ccc2c(c1)CCO2. The van der Waals surface area contributed by atoms with Crippen LogP contribution in [0, 0.1) is 0 Å². The first-order chi connectivity index (χ1) is 9.15. The molecule has 0 fully saturated rings. The lowest BCUT2D eigenvalue weighted by Crippen LogP contribution is -2.15. The van der Waals surface area contributed by atoms with Gasteiger partial charge < -0.3 is 14.8 Å². The number of fused-ring (bicyclic) bond motifs is 1. The highest BCUT2D eigenvalue weighted by Gasteiger charge is 2.17. The van der Waals surface area contributed by atoms with Gasteiger partial charge in [-0.05, 0) is 29.3 Å². The van der Waals surface area contributed by atoms with Gasteiger partial charge >= 0.3 is 11.7 Å². The number of H-pyrrole nitrogens is 1. The third kappa shape index (κ3) is 1.97. The molecule has 1 aliphatic rings. The largest absolute Gasteiger partial charge is 0.493 e. The van der Waals surface area contributed by atoms with E-state index in [1.807, 2.05) is 6.07 Å². The van der Waals surface area contributed by atoms with E-state index in [0.29, 0.717) is 12.2 Å². The number of nitrogens with zero attached hydrogens (tertiary/aromatic N) is 1. The van der Waals surface area contributed by atoms with Crippen LogP contribution in [0.4, 0.5) is 0 Å². The molecule has 0 bridgehead atoms. The molecule has 0 aliphatic carbocycles. The fourth-order valence-corrected chi connectivity index (χ4v) is 2.13. The summed E-state index contributed by atoms with van der Waals surface area (Å²) in [6, 6.07) is 5.34. The molecule has 0 spiro atoms. The maximum absolute atomic E-state index is 11.3. The maximum Gasteiger partial charge on any atom is 0.345 e. The van der Waals surface area contributed by atoms with Gasteiger partial charge in [-0.25, -0.2) is 14.6 Å². The number of hydrogen-bond acceptors (Lipinski definition) is 4. The number of aromatic carboxylic acids is 1. The van der Waals surface area contributed by atoms with Crippen LogP contribution in [-0.4, -0.2) is 27.7 Å². The second-order valence-electron chi connectivity index (χ2n) is 4.20. The predicted octanol–water partition coefficient (Wildman–Crippen LogP) is 1.07. The molecule has 19 heavy (non-hydrogen) atoms. The molecule has 6 heteroatoms. The summed E-state index contributed by atoms with van der Waals surface area (Å²) in [7, 11) is 0. The number of aromatic amines is 1. The van der Waals surface area contributed by atoms with Crippen molar-refractivity contribution in [1.29, 1.82) is 0 Å². The van der Waals surface area contributed by atoms with Gasteiger partial charge in [0.05, 0.1) is 12.3 Å². The van der Waals surface area contributed by atoms with Crippen molar-refractivity contribution in [2.24, 2.45) is 0 Å². The fraction of sp³-hybridized carbons (Fsp3) is 0.154. The molecule has 1 aromatic heterocycles. The molecule has 1 aliphatic heterocycles. The van der Waals surface area contributed by atoms with E-state index in [-0.39, 0.29) is 11.3 Å². The van der Waals surface area contributed by atoms with E-state index >= 15 is 0 Å². The summed E-state index contributed by atoms with van der Waals surface area (Å²) in [6.07, 6.45) is 1.85. The smallest absolute Gasteiger partial charge is 0.345 e. The number of benzene rings is 1. The molecular formula is C13H10N2O4. The van der Waals surface area contributed by atoms with Crippen LogP contribution in [0.3, 0.4) is 0 Å². The third-order valence-corrected chi connectivity index (χ3v) is 3.02. The summed E-state index contributed by atoms with van der Waals surface area (Å²) >= 11 is 0. The molecule has 0 saturated carbocycles. The minimum Gasteiger partial charge on any atom is -0.493 e. The standard InChI is InChI=1S/C13H10N2O4/c16-12(17)9-6-14-13(18)15-11(9)8-1-2-10-7(5-8)3-4-19-10/h1-2,5-6H,3-4H2,(H,16,17)(H,14,15,18). The van der Waals surface area contributed by atoms with Crippen molar-refractivity contribution in [2.75, 3.05) is 6.61 Å². The number of carbonyl (C=O) groups is 1. The Bertz CT molecular complexity index is 721. The minimum atomic E-state index is -1.13. The molecule has 0 atom stereocenters. The van der Waals surface area contributed by atoms with Crippen molar-refractivity contribution in [3.8, 4) is 17.0 Å². The second-order valence-corrected chi connectivity index (χ2v) is 4.20. The van der Waals surface area contributed by atoms with Crippen molar-refractivity contribution >= 4 is 5.97 Å². The van der Waals surface area contributed by atoms with Crippen LogP contribution in [0.1, 0.15) is 15.9 Å². The lowest BCUT2D eigenvalue weighted by molar-refractivity contribution is 0.0697. The Morgan fingerprint density at radius 2 is 2.26 bits per heavy atom. The summed E-state index contributed by atoms with van der Waals surface area (Å²) < 4.78 is 5.39. The summed E-state index contributed by atoms with van der Waals surface area (Å²) in [5, 5.41) is 9.12. The monoisotopic (exact) mass is 258 g/mol. The van der Waals surface area contributed by atoms with Crippen LogP contribution < -0.4 is 10.4 Å². The van der Waals surface area contributed by atoms with Gasteiger partial charge in [0.2, 0.25) is 0 Å². The molecule has 6 nitrogen and oxygen atoms in total. The Kier molecular flexibility index (Phi) is 2.56. The van der Waals surface area contributed by atoms with E-state index in [1.54, 1.807) is 12.1 Å². The highest BCUT2D eigenvalue weighted by molar-refractivity contribution is 5.94. The Balaban J connectivity index is 2.18. The van der Waals surface area contributed by atoms with Crippen LogP contribution in [-0.2, 0) is 6.42 Å². The molecule has 0 amide bonds. The number of carboxylic acid groups (broad SMARTS) is 1. The molecule has 2 aromatic rings. The average Bonchev–Trinajstić information content (AvgIpc) is 2.85. The van der Waals surface area contributed by atoms with Gasteiger partial charge in [-0.2, -0.15) is 0 Å². The van der Waals surface area contributed by atoms with E-state index in [0.717, 1.165) is 23.9 Å². The lowest BCUT2D eigenvalue weighted by atomic mass is 10.0. The molecule has 96 valence electrons. The van der Waals surface area contributed by atoms with E-state index < -0.39 is 11.7 Å². The van der Waals surface area contributed by atoms with Crippen LogP contribution in [0.5, 0.6) is 5.75 Å². The first-order valence-corrected chi connectivity index (χ1v) is 5.74. The van der Waals surface area contributed by atoms with Gasteiger partial charge in [0.1, 0.15) is 11.3 Å². The number of carboxylic acids is 1. The number of nitrogens with one attached hydrogen (secondary N) is 1. The average molecular weight is 258 g/mol. The Morgan fingerprint density at radius 3 is 3.05 bits per heavy atom. The van der Waals surface area contributed by atoms with Crippen molar-refractivity contribution in [3.63, 3.8) is 0 Å². The zero-order valence-electron chi connectivity index (χ0n) is 9.84. The first kappa shape index (κ1) is 11.5. The Labute approximate surface area is 107 Å². The first-order valence-electron chi connectivity index (χ1n) is 5.74. The summed E-state index contributed by atoms with van der Waals surface area (Å²) in [5.74, 6) is -0.326. The van der Waals surface area contributed by atoms with Gasteiger partial charge in [0, 0.05) is 12.6 Å². The quantitative estimate of drug-likeness (QED) is 0.840. The van der Waals surface area contributed by atoms with E-state index in [9.17, 15) is 9.59 Å². The van der Waals surface area contributed by atoms with Crippen LogP contribution in [0.15, 0.2) is 29.2 Å². The number of hydrogen-bond donors (Lipinski definition) is 2. The van der Waals surface area contributed by atoms with E-state index in [4.69, 9.17) is 9.84 Å². The van der Waals surface area contributed by atoms with E-state index in [1.165, 1.54) is 0 Å². The normalized spacial score (nSPS) is 12.8. The van der Waals surface area contributed by atoms with E-state index in [2.05, 4.69) is 9.97 Å². The highest BCUT2D eigenvalue weighted by atomic mass is 16.5. The summed E-state index contributed by atoms with van der Waals surface area (Å²) in [5.41, 5.74) is 1.31. The Hall–Kier alpha value is -2.63. The minimum absolute atomic E-state index is 0.0292. The zero-order chi connectivity index (χ0) is 13.4. The molecule has 2 heterocycles. The van der Waals surface area contributed by atoms with Gasteiger partial charge in [0.15, 0.2) is 0 Å². The van der Waals surface area contributed by atoms with Crippen LogP contribution in [0.2, 0.25) is 0 Å². The molecule has 0 saturated heterocycles. The molecule has 0 radical (unpaired) electrons. The molecular weight excluding hydrogens is 248 g/mol. The highest BCUT2D eigenvalue weighted by Crippen LogP contribution is 2.30. The number of aromatic nitrogens is 2. The van der Waals surface area contributed by atoms with Crippen molar-refractivity contribution in [1.82, 2.24) is 9.97 Å². The van der Waals surface area contributed by atoms with Gasteiger partial charge in [0.25, 0.3) is 0 Å². The zero-order valence-corrected chi connectivity index (χ0v) is 9.84. The van der Waals surface area contributed by atoms with Crippen molar-refractivity contribution < 1.29 is 14.6 Å². The van der Waals surface area contributed by atoms with Crippen molar-refractivity contribution in [2.45, 2.75) is 6.42 Å². The topological polar surface area (TPSA) is 92.3 Å². The van der Waals surface area contributed by atoms with Gasteiger partial charge in [-0.3, -0.25) is 0 Å². The van der Waals surface area contributed by atoms with Crippen LogP contribution >= 0.6 is 0 Å². The van der Waals surface area contributed by atoms with Crippen molar-refractivity contribution in [3.05, 3.63) is 46.0 Å². The molecule has 3 rings (SSSR count). The molecule has 0 unspecified atom stereocenters. The van der Waals surface area contributed by atoms with Crippen LogP contribution in [0.25, 0.3) is 11.3 Å². The third-order valence-electron chi connectivity index (χ3n) is 3.02. The Morgan fingerprint density at radius 1 is 1.42 bits per heavy atom. The maximum atomic E-state index is 11.3. The fourth-order valence-electron chi connectivity index (χ4n) is 2.13. The van der Waals surface area contributed by atoms with Gasteiger partial charge in [-0.15, -0.1) is 0 Å². The lowest BCUT2D eigenvalue weighted by Gasteiger charge is -2.07. The predicted molar refractivity (Wildman–Crippen MR) is 66.5 cm³/mol. The number of ether oxygens (including phenoxy) is 1.